The summed E-state index contributed by atoms with van der Waals surface area (Å²) in [5, 5.41) is 0. The van der Waals surface area contributed by atoms with Gasteiger partial charge in [-0.15, -0.1) is 0 Å². The van der Waals surface area contributed by atoms with Crippen molar-refractivity contribution in [3.05, 3.63) is 29.6 Å². The van der Waals surface area contributed by atoms with Gasteiger partial charge in [0.25, 0.3) is 0 Å². The van der Waals surface area contributed by atoms with Crippen molar-refractivity contribution < 1.29 is 4.39 Å². The second-order valence-electron chi connectivity index (χ2n) is 5.43. The Morgan fingerprint density at radius 3 is 2.68 bits per heavy atom. The number of likely N-dealkylation sites (N-methyl/N-ethyl adjacent to an activating group) is 1. The van der Waals surface area contributed by atoms with Gasteiger partial charge >= 0.3 is 0 Å². The van der Waals surface area contributed by atoms with Crippen LogP contribution in [0.4, 0.5) is 10.1 Å². The van der Waals surface area contributed by atoms with Gasteiger partial charge in [0.05, 0.1) is 0 Å². The highest BCUT2D eigenvalue weighted by Gasteiger charge is 2.17. The average Bonchev–Trinajstić information content (AvgIpc) is 2.88. The maximum Gasteiger partial charge on any atom is 0.130 e. The molecule has 0 unspecified atom stereocenters. The number of hydrogen-bond acceptors (Lipinski definition) is 3. The van der Waals surface area contributed by atoms with E-state index in [1.807, 2.05) is 20.0 Å². The fourth-order valence-electron chi connectivity index (χ4n) is 2.73. The lowest BCUT2D eigenvalue weighted by atomic mass is 10.1. The van der Waals surface area contributed by atoms with Crippen LogP contribution >= 0.6 is 0 Å². The summed E-state index contributed by atoms with van der Waals surface area (Å²) >= 11 is 0. The van der Waals surface area contributed by atoms with Crippen molar-refractivity contribution in [3.63, 3.8) is 0 Å². The Morgan fingerprint density at radius 2 is 2.05 bits per heavy atom. The van der Waals surface area contributed by atoms with Gasteiger partial charge in [-0.1, -0.05) is 6.07 Å². The minimum atomic E-state index is -0.287. The van der Waals surface area contributed by atoms with Crippen LogP contribution in [-0.4, -0.2) is 38.1 Å². The van der Waals surface area contributed by atoms with E-state index >= 15 is 0 Å². The van der Waals surface area contributed by atoms with Crippen LogP contribution in [0.3, 0.4) is 0 Å². The quantitative estimate of drug-likeness (QED) is 0.887. The van der Waals surface area contributed by atoms with E-state index in [2.05, 4.69) is 9.80 Å². The zero-order valence-corrected chi connectivity index (χ0v) is 11.9. The highest BCUT2D eigenvalue weighted by molar-refractivity contribution is 5.55. The van der Waals surface area contributed by atoms with Crippen molar-refractivity contribution in [1.29, 1.82) is 0 Å². The molecule has 0 aromatic heterocycles. The summed E-state index contributed by atoms with van der Waals surface area (Å²) in [6, 6.07) is 4.90. The summed E-state index contributed by atoms with van der Waals surface area (Å²) in [6.45, 7) is 6.15. The Morgan fingerprint density at radius 1 is 1.37 bits per heavy atom. The summed E-state index contributed by atoms with van der Waals surface area (Å²) in [5.74, 6) is -0.208. The standard InChI is InChI=1S/C15H24FN3/c1-12(17)15-13(16)6-5-7-14(15)18(2)10-11-19-8-3-4-9-19/h5-7,12H,3-4,8-11,17H2,1-2H3/t12-/m1/s1. The van der Waals surface area contributed by atoms with E-state index in [1.54, 1.807) is 6.07 Å². The summed E-state index contributed by atoms with van der Waals surface area (Å²) in [7, 11) is 2.01. The first-order valence-corrected chi connectivity index (χ1v) is 7.07. The van der Waals surface area contributed by atoms with Gasteiger partial charge in [0.2, 0.25) is 0 Å². The molecule has 4 heteroatoms. The molecule has 0 radical (unpaired) electrons. The minimum absolute atomic E-state index is 0.208. The lowest BCUT2D eigenvalue weighted by Gasteiger charge is -2.26. The topological polar surface area (TPSA) is 32.5 Å². The van der Waals surface area contributed by atoms with Crippen molar-refractivity contribution in [3.8, 4) is 0 Å². The molecule has 1 saturated heterocycles. The number of likely N-dealkylation sites (tertiary alicyclic amines) is 1. The first-order valence-electron chi connectivity index (χ1n) is 7.07. The van der Waals surface area contributed by atoms with Crippen LogP contribution in [0.15, 0.2) is 18.2 Å². The maximum atomic E-state index is 13.9. The maximum absolute atomic E-state index is 13.9. The van der Waals surface area contributed by atoms with Crippen molar-refractivity contribution in [2.24, 2.45) is 5.73 Å². The Balaban J connectivity index is 2.05. The second kappa shape index (κ2) is 6.35. The zero-order valence-electron chi connectivity index (χ0n) is 11.9. The smallest absolute Gasteiger partial charge is 0.130 e. The molecule has 1 aromatic rings. The predicted octanol–water partition coefficient (Wildman–Crippen LogP) is 2.38. The molecule has 1 aromatic carbocycles. The van der Waals surface area contributed by atoms with E-state index < -0.39 is 0 Å². The molecule has 0 bridgehead atoms. The normalized spacial score (nSPS) is 17.7. The second-order valence-corrected chi connectivity index (χ2v) is 5.43. The summed E-state index contributed by atoms with van der Waals surface area (Å²) in [6.07, 6.45) is 2.60. The van der Waals surface area contributed by atoms with E-state index in [0.29, 0.717) is 5.56 Å². The van der Waals surface area contributed by atoms with Gasteiger partial charge in [-0.2, -0.15) is 0 Å². The molecule has 0 spiro atoms. The molecule has 3 nitrogen and oxygen atoms in total. The van der Waals surface area contributed by atoms with Gasteiger partial charge in [-0.3, -0.25) is 0 Å². The molecule has 0 aliphatic carbocycles. The third-order valence-electron chi connectivity index (χ3n) is 3.85. The van der Waals surface area contributed by atoms with Crippen LogP contribution in [0.2, 0.25) is 0 Å². The lowest BCUT2D eigenvalue weighted by Crippen LogP contribution is -2.32. The summed E-state index contributed by atoms with van der Waals surface area (Å²) in [4.78, 5) is 4.57. The number of benzene rings is 1. The van der Waals surface area contributed by atoms with Gasteiger partial charge in [0.15, 0.2) is 0 Å². The van der Waals surface area contributed by atoms with Crippen LogP contribution in [0.25, 0.3) is 0 Å². The average molecular weight is 265 g/mol. The van der Waals surface area contributed by atoms with Gasteiger partial charge in [0.1, 0.15) is 5.82 Å². The molecule has 1 heterocycles. The molecule has 1 aliphatic heterocycles. The van der Waals surface area contributed by atoms with Gasteiger partial charge in [-0.05, 0) is 45.0 Å². The van der Waals surface area contributed by atoms with Crippen LogP contribution < -0.4 is 10.6 Å². The molecular formula is C15H24FN3. The van der Waals surface area contributed by atoms with Gasteiger partial charge in [0, 0.05) is 37.4 Å². The minimum Gasteiger partial charge on any atom is -0.373 e. The van der Waals surface area contributed by atoms with Gasteiger partial charge in [-0.25, -0.2) is 4.39 Å². The molecule has 106 valence electrons. The van der Waals surface area contributed by atoms with Gasteiger partial charge < -0.3 is 15.5 Å². The van der Waals surface area contributed by atoms with Crippen LogP contribution in [-0.2, 0) is 0 Å². The van der Waals surface area contributed by atoms with E-state index in [4.69, 9.17) is 5.73 Å². The fraction of sp³-hybridized carbons (Fsp3) is 0.600. The number of nitrogens with two attached hydrogens (primary N) is 1. The lowest BCUT2D eigenvalue weighted by molar-refractivity contribution is 0.346. The highest BCUT2D eigenvalue weighted by Crippen LogP contribution is 2.27. The summed E-state index contributed by atoms with van der Waals surface area (Å²) in [5.41, 5.74) is 7.42. The van der Waals surface area contributed by atoms with Crippen molar-refractivity contribution >= 4 is 5.69 Å². The fourth-order valence-corrected chi connectivity index (χ4v) is 2.73. The Labute approximate surface area is 115 Å². The van der Waals surface area contributed by atoms with E-state index in [1.165, 1.54) is 32.0 Å². The molecule has 2 N–H and O–H groups in total. The number of anilines is 1. The van der Waals surface area contributed by atoms with Crippen molar-refractivity contribution in [2.75, 3.05) is 38.1 Å². The predicted molar refractivity (Wildman–Crippen MR) is 77.9 cm³/mol. The van der Waals surface area contributed by atoms with Crippen LogP contribution in [0, 0.1) is 5.82 Å². The monoisotopic (exact) mass is 265 g/mol. The third kappa shape index (κ3) is 3.45. The number of hydrogen-bond donors (Lipinski definition) is 1. The van der Waals surface area contributed by atoms with E-state index in [0.717, 1.165) is 18.8 Å². The molecule has 2 rings (SSSR count). The molecule has 0 amide bonds. The van der Waals surface area contributed by atoms with Crippen molar-refractivity contribution in [1.82, 2.24) is 4.90 Å². The Kier molecular flexibility index (Phi) is 4.77. The highest BCUT2D eigenvalue weighted by atomic mass is 19.1. The zero-order chi connectivity index (χ0) is 13.8. The largest absolute Gasteiger partial charge is 0.373 e. The SMILES string of the molecule is C[C@@H](N)c1c(F)cccc1N(C)CCN1CCCC1. The van der Waals surface area contributed by atoms with Crippen LogP contribution in [0.1, 0.15) is 31.4 Å². The first-order chi connectivity index (χ1) is 9.09. The molecular weight excluding hydrogens is 241 g/mol. The first kappa shape index (κ1) is 14.3. The molecule has 19 heavy (non-hydrogen) atoms. The molecule has 1 aliphatic rings. The number of nitrogens with zero attached hydrogens (tertiary/aromatic N) is 2. The summed E-state index contributed by atoms with van der Waals surface area (Å²) < 4.78 is 13.9. The number of rotatable bonds is 5. The molecule has 1 atom stereocenters. The third-order valence-corrected chi connectivity index (χ3v) is 3.85. The number of halogens is 1. The molecule has 1 fully saturated rings. The Hall–Kier alpha value is -1.13. The van der Waals surface area contributed by atoms with E-state index in [-0.39, 0.29) is 11.9 Å². The molecule has 0 saturated carbocycles. The van der Waals surface area contributed by atoms with Crippen LogP contribution in [0.5, 0.6) is 0 Å². The van der Waals surface area contributed by atoms with Crippen molar-refractivity contribution in [2.45, 2.75) is 25.8 Å². The Bertz CT molecular complexity index is 414. The van der Waals surface area contributed by atoms with E-state index in [9.17, 15) is 4.39 Å².